The molecule has 0 saturated heterocycles. The van der Waals surface area contributed by atoms with Crippen molar-refractivity contribution in [2.45, 2.75) is 18.6 Å². The Hall–Kier alpha value is -1.11. The molecule has 0 aliphatic carbocycles. The van der Waals surface area contributed by atoms with Gasteiger partial charge in [0.05, 0.1) is 17.0 Å². The van der Waals surface area contributed by atoms with Gasteiger partial charge in [0.1, 0.15) is 11.9 Å². The molecule has 4 N–H and O–H groups in total. The molecule has 0 bridgehead atoms. The van der Waals surface area contributed by atoms with Crippen molar-refractivity contribution in [2.75, 3.05) is 0 Å². The van der Waals surface area contributed by atoms with Gasteiger partial charge in [0.2, 0.25) is 0 Å². The molecule has 0 fully saturated rings. The average molecular weight is 291 g/mol. The Kier molecular flexibility index (Phi) is 4.28. The highest BCUT2D eigenvalue weighted by Crippen LogP contribution is 2.28. The molecule has 0 aliphatic heterocycles. The van der Waals surface area contributed by atoms with Gasteiger partial charge in [0, 0.05) is 0 Å². The number of aliphatic hydroxyl groups excluding tert-OH is 2. The minimum atomic E-state index is -1.38. The maximum Gasteiger partial charge on any atom is 0.306 e. The summed E-state index contributed by atoms with van der Waals surface area (Å²) in [5, 5.41) is 36.7. The Balaban J connectivity index is 2.83. The second kappa shape index (κ2) is 5.29. The summed E-state index contributed by atoms with van der Waals surface area (Å²) in [6.07, 6.45) is -3.22. The second-order valence-corrected chi connectivity index (χ2v) is 4.18. The number of hydrogen-bond donors (Lipinski definition) is 4. The van der Waals surface area contributed by atoms with E-state index in [2.05, 4.69) is 15.9 Å². The van der Waals surface area contributed by atoms with E-state index in [1.54, 1.807) is 0 Å². The van der Waals surface area contributed by atoms with Gasteiger partial charge in [-0.25, -0.2) is 0 Å². The Labute approximate surface area is 100 Å². The molecular weight excluding hydrogens is 280 g/mol. The highest BCUT2D eigenvalue weighted by atomic mass is 79.9. The number of carboxylic acids is 1. The minimum Gasteiger partial charge on any atom is -0.507 e. The van der Waals surface area contributed by atoms with Crippen molar-refractivity contribution >= 4 is 21.9 Å². The summed E-state index contributed by atoms with van der Waals surface area (Å²) in [5.74, 6) is -1.19. The van der Waals surface area contributed by atoms with Gasteiger partial charge in [-0.15, -0.1) is 0 Å². The van der Waals surface area contributed by atoms with E-state index in [1.807, 2.05) is 0 Å². The number of rotatable bonds is 4. The molecule has 0 spiro atoms. The van der Waals surface area contributed by atoms with Crippen LogP contribution in [0.5, 0.6) is 5.75 Å². The van der Waals surface area contributed by atoms with Gasteiger partial charge in [-0.3, -0.25) is 4.79 Å². The number of carbonyl (C=O) groups is 1. The van der Waals surface area contributed by atoms with E-state index in [9.17, 15) is 20.1 Å². The standard InChI is InChI=1S/C10H11BrO5/c11-6-3-5(1-2-7(6)12)10(16)8(13)4-9(14)15/h1-3,8,10,12-13,16H,4H2,(H,14,15). The summed E-state index contributed by atoms with van der Waals surface area (Å²) in [6, 6.07) is 4.18. The topological polar surface area (TPSA) is 98.0 Å². The first-order valence-corrected chi connectivity index (χ1v) is 5.27. The van der Waals surface area contributed by atoms with Crippen LogP contribution >= 0.6 is 15.9 Å². The van der Waals surface area contributed by atoms with Crippen LogP contribution in [0, 0.1) is 0 Å². The van der Waals surface area contributed by atoms with Crippen molar-refractivity contribution in [3.8, 4) is 5.75 Å². The minimum absolute atomic E-state index is 0.00340. The van der Waals surface area contributed by atoms with Crippen LogP contribution in [0.15, 0.2) is 22.7 Å². The molecular formula is C10H11BrO5. The number of carboxylic acid groups (broad SMARTS) is 1. The van der Waals surface area contributed by atoms with E-state index in [4.69, 9.17) is 5.11 Å². The van der Waals surface area contributed by atoms with Crippen LogP contribution in [0.3, 0.4) is 0 Å². The maximum absolute atomic E-state index is 10.3. The fourth-order valence-electron chi connectivity index (χ4n) is 1.22. The molecule has 1 aromatic carbocycles. The molecule has 2 unspecified atom stereocenters. The Morgan fingerprint density at radius 2 is 2.00 bits per heavy atom. The summed E-state index contributed by atoms with van der Waals surface area (Å²) in [6.45, 7) is 0. The number of phenolic OH excluding ortho intramolecular Hbond substituents is 1. The predicted octanol–water partition coefficient (Wildman–Crippen LogP) is 1.02. The molecule has 0 aliphatic rings. The zero-order valence-corrected chi connectivity index (χ0v) is 9.75. The van der Waals surface area contributed by atoms with E-state index in [1.165, 1.54) is 18.2 Å². The van der Waals surface area contributed by atoms with Crippen molar-refractivity contribution in [2.24, 2.45) is 0 Å². The quantitative estimate of drug-likeness (QED) is 0.664. The largest absolute Gasteiger partial charge is 0.507 e. The number of hydrogen-bond acceptors (Lipinski definition) is 4. The fraction of sp³-hybridized carbons (Fsp3) is 0.300. The van der Waals surface area contributed by atoms with Crippen LogP contribution in [0.4, 0.5) is 0 Å². The fourth-order valence-corrected chi connectivity index (χ4v) is 1.62. The highest BCUT2D eigenvalue weighted by molar-refractivity contribution is 9.10. The van der Waals surface area contributed by atoms with Crippen LogP contribution < -0.4 is 0 Å². The molecule has 0 amide bonds. The third-order valence-electron chi connectivity index (χ3n) is 2.06. The van der Waals surface area contributed by atoms with E-state index in [-0.39, 0.29) is 5.75 Å². The van der Waals surface area contributed by atoms with Crippen LogP contribution in [0.1, 0.15) is 18.1 Å². The average Bonchev–Trinajstić information content (AvgIpc) is 2.20. The van der Waals surface area contributed by atoms with Crippen LogP contribution in [-0.4, -0.2) is 32.5 Å². The lowest BCUT2D eigenvalue weighted by molar-refractivity contribution is -0.141. The van der Waals surface area contributed by atoms with Crippen molar-refractivity contribution < 1.29 is 25.2 Å². The van der Waals surface area contributed by atoms with Crippen molar-refractivity contribution in [1.29, 1.82) is 0 Å². The molecule has 0 saturated carbocycles. The van der Waals surface area contributed by atoms with E-state index < -0.39 is 24.6 Å². The van der Waals surface area contributed by atoms with Gasteiger partial charge in [-0.1, -0.05) is 6.07 Å². The first-order valence-electron chi connectivity index (χ1n) is 4.48. The molecule has 88 valence electrons. The number of aromatic hydroxyl groups is 1. The highest BCUT2D eigenvalue weighted by Gasteiger charge is 2.21. The molecule has 0 aromatic heterocycles. The van der Waals surface area contributed by atoms with Crippen LogP contribution in [0.25, 0.3) is 0 Å². The first kappa shape index (κ1) is 13.0. The number of benzene rings is 1. The lowest BCUT2D eigenvalue weighted by Gasteiger charge is -2.16. The second-order valence-electron chi connectivity index (χ2n) is 3.32. The lowest BCUT2D eigenvalue weighted by Crippen LogP contribution is -2.21. The van der Waals surface area contributed by atoms with Gasteiger partial charge in [-0.2, -0.15) is 0 Å². The molecule has 6 heteroatoms. The number of phenols is 1. The molecule has 5 nitrogen and oxygen atoms in total. The molecule has 0 heterocycles. The van der Waals surface area contributed by atoms with E-state index in [0.29, 0.717) is 10.0 Å². The zero-order chi connectivity index (χ0) is 12.3. The van der Waals surface area contributed by atoms with Gasteiger partial charge >= 0.3 is 5.97 Å². The Morgan fingerprint density at radius 1 is 1.38 bits per heavy atom. The summed E-state index contributed by atoms with van der Waals surface area (Å²) in [7, 11) is 0. The van der Waals surface area contributed by atoms with Gasteiger partial charge in [0.15, 0.2) is 0 Å². The summed E-state index contributed by atoms with van der Waals surface area (Å²) >= 11 is 3.06. The predicted molar refractivity (Wildman–Crippen MR) is 59.0 cm³/mol. The zero-order valence-electron chi connectivity index (χ0n) is 8.17. The van der Waals surface area contributed by atoms with Gasteiger partial charge < -0.3 is 20.4 Å². The maximum atomic E-state index is 10.3. The summed E-state index contributed by atoms with van der Waals surface area (Å²) in [4.78, 5) is 10.3. The molecule has 1 rings (SSSR count). The SMILES string of the molecule is O=C(O)CC(O)C(O)c1ccc(O)c(Br)c1. The lowest BCUT2D eigenvalue weighted by atomic mass is 10.0. The molecule has 0 radical (unpaired) electrons. The smallest absolute Gasteiger partial charge is 0.306 e. The van der Waals surface area contributed by atoms with Crippen molar-refractivity contribution in [3.05, 3.63) is 28.2 Å². The monoisotopic (exact) mass is 290 g/mol. The number of halogens is 1. The van der Waals surface area contributed by atoms with Crippen LogP contribution in [-0.2, 0) is 4.79 Å². The Bertz CT molecular complexity index is 393. The molecule has 16 heavy (non-hydrogen) atoms. The van der Waals surface area contributed by atoms with Crippen LogP contribution in [0.2, 0.25) is 0 Å². The van der Waals surface area contributed by atoms with Gasteiger partial charge in [0.25, 0.3) is 0 Å². The van der Waals surface area contributed by atoms with E-state index in [0.717, 1.165) is 0 Å². The summed E-state index contributed by atoms with van der Waals surface area (Å²) < 4.78 is 0.367. The normalized spacial score (nSPS) is 14.4. The van der Waals surface area contributed by atoms with Crippen molar-refractivity contribution in [1.82, 2.24) is 0 Å². The number of aliphatic hydroxyl groups is 2. The third kappa shape index (κ3) is 3.19. The number of aliphatic carboxylic acids is 1. The first-order chi connectivity index (χ1) is 7.41. The third-order valence-corrected chi connectivity index (χ3v) is 2.70. The summed E-state index contributed by atoms with van der Waals surface area (Å²) in [5.41, 5.74) is 0.332. The molecule has 2 atom stereocenters. The van der Waals surface area contributed by atoms with Gasteiger partial charge in [-0.05, 0) is 33.6 Å². The Morgan fingerprint density at radius 3 is 2.50 bits per heavy atom. The van der Waals surface area contributed by atoms with E-state index >= 15 is 0 Å². The van der Waals surface area contributed by atoms with Crippen molar-refractivity contribution in [3.63, 3.8) is 0 Å². The molecule has 1 aromatic rings.